The second kappa shape index (κ2) is 10.2. The number of likely N-dealkylation sites (tertiary alicyclic amines) is 1. The van der Waals surface area contributed by atoms with Gasteiger partial charge in [0.15, 0.2) is 0 Å². The third kappa shape index (κ3) is 6.51. The fourth-order valence-corrected chi connectivity index (χ4v) is 4.92. The second-order valence-corrected chi connectivity index (χ2v) is 9.93. The topological polar surface area (TPSA) is 78.5 Å². The van der Waals surface area contributed by atoms with Crippen molar-refractivity contribution in [3.63, 3.8) is 0 Å². The van der Waals surface area contributed by atoms with Crippen molar-refractivity contribution in [2.24, 2.45) is 5.92 Å². The quantitative estimate of drug-likeness (QED) is 0.604. The molecule has 1 amide bonds. The van der Waals surface area contributed by atoms with Gasteiger partial charge in [-0.15, -0.1) is 0 Å². The molecule has 1 heterocycles. The van der Waals surface area contributed by atoms with E-state index in [1.54, 1.807) is 13.0 Å². The van der Waals surface area contributed by atoms with Crippen LogP contribution in [0.3, 0.4) is 0 Å². The highest BCUT2D eigenvalue weighted by Crippen LogP contribution is 2.20. The average Bonchev–Trinajstić information content (AvgIpc) is 2.73. The van der Waals surface area contributed by atoms with Crippen LogP contribution in [0.15, 0.2) is 47.4 Å². The second-order valence-electron chi connectivity index (χ2n) is 8.25. The number of benzene rings is 2. The maximum atomic E-state index is 13.1. The number of carbonyl (C=O) groups excluding carboxylic acids is 1. The Balaban J connectivity index is 1.60. The fourth-order valence-electron chi connectivity index (χ4n) is 3.83. The van der Waals surface area contributed by atoms with Crippen LogP contribution < -0.4 is 10.0 Å². The van der Waals surface area contributed by atoms with Crippen LogP contribution >= 0.6 is 0 Å². The zero-order valence-electron chi connectivity index (χ0n) is 18.0. The summed E-state index contributed by atoms with van der Waals surface area (Å²) < 4.78 is 40.8. The molecule has 1 saturated heterocycles. The molecule has 1 fully saturated rings. The first-order valence-corrected chi connectivity index (χ1v) is 12.1. The third-order valence-electron chi connectivity index (χ3n) is 5.54. The molecule has 168 valence electrons. The molecule has 2 N–H and O–H groups in total. The van der Waals surface area contributed by atoms with E-state index >= 15 is 0 Å². The number of hydrogen-bond donors (Lipinski definition) is 2. The minimum absolute atomic E-state index is 0.0186. The zero-order chi connectivity index (χ0) is 22.4. The van der Waals surface area contributed by atoms with E-state index in [-0.39, 0.29) is 16.5 Å². The van der Waals surface area contributed by atoms with Crippen LogP contribution in [0.1, 0.15) is 42.1 Å². The molecule has 2 aromatic carbocycles. The van der Waals surface area contributed by atoms with Gasteiger partial charge in [0.05, 0.1) is 4.90 Å². The van der Waals surface area contributed by atoms with Gasteiger partial charge in [0.2, 0.25) is 0 Å². The van der Waals surface area contributed by atoms with E-state index in [2.05, 4.69) is 21.9 Å². The van der Waals surface area contributed by atoms with Crippen LogP contribution in [0.4, 0.5) is 10.1 Å². The van der Waals surface area contributed by atoms with Crippen molar-refractivity contribution in [3.05, 3.63) is 59.4 Å². The molecule has 0 bridgehead atoms. The van der Waals surface area contributed by atoms with Crippen molar-refractivity contribution < 1.29 is 17.6 Å². The maximum Gasteiger partial charge on any atom is 0.261 e. The summed E-state index contributed by atoms with van der Waals surface area (Å²) in [4.78, 5) is 15.1. The summed E-state index contributed by atoms with van der Waals surface area (Å²) in [6.45, 7) is 7.73. The molecule has 3 rings (SSSR count). The third-order valence-corrected chi connectivity index (χ3v) is 6.92. The smallest absolute Gasteiger partial charge is 0.261 e. The SMILES string of the molecule is Cc1ccc(S(=O)(=O)Nc2ccc(F)cc2)cc1C(=O)NCCCN1CCCC(C)C1. The minimum atomic E-state index is -3.90. The van der Waals surface area contributed by atoms with E-state index in [4.69, 9.17) is 0 Å². The number of amides is 1. The summed E-state index contributed by atoms with van der Waals surface area (Å²) >= 11 is 0. The van der Waals surface area contributed by atoms with Crippen molar-refractivity contribution in [3.8, 4) is 0 Å². The summed E-state index contributed by atoms with van der Waals surface area (Å²) in [5, 5.41) is 2.90. The fraction of sp³-hybridized carbons (Fsp3) is 0.435. The molecule has 1 aliphatic heterocycles. The molecule has 8 heteroatoms. The minimum Gasteiger partial charge on any atom is -0.352 e. The Morgan fingerprint density at radius 2 is 1.94 bits per heavy atom. The first-order chi connectivity index (χ1) is 14.7. The van der Waals surface area contributed by atoms with Crippen LogP contribution in [-0.2, 0) is 10.0 Å². The standard InChI is InChI=1S/C23H30FN3O3S/c1-17-5-3-13-27(16-17)14-4-12-25-23(28)22-15-21(11-6-18(22)2)31(29,30)26-20-9-7-19(24)8-10-20/h6-11,15,17,26H,3-5,12-14,16H2,1-2H3,(H,25,28). The lowest BCUT2D eigenvalue weighted by Gasteiger charge is -2.30. The molecular weight excluding hydrogens is 417 g/mol. The summed E-state index contributed by atoms with van der Waals surface area (Å²) in [6, 6.07) is 9.49. The van der Waals surface area contributed by atoms with Crippen LogP contribution in [0, 0.1) is 18.7 Å². The van der Waals surface area contributed by atoms with E-state index in [1.807, 2.05) is 0 Å². The molecule has 0 aromatic heterocycles. The molecule has 0 radical (unpaired) electrons. The number of aryl methyl sites for hydroxylation is 1. The number of halogens is 1. The number of carbonyl (C=O) groups is 1. The molecule has 0 spiro atoms. The van der Waals surface area contributed by atoms with Crippen molar-refractivity contribution in [2.45, 2.75) is 38.0 Å². The molecule has 31 heavy (non-hydrogen) atoms. The van der Waals surface area contributed by atoms with Gasteiger partial charge in [-0.25, -0.2) is 12.8 Å². The first-order valence-electron chi connectivity index (χ1n) is 10.6. The Labute approximate surface area is 183 Å². The Morgan fingerprint density at radius 3 is 2.65 bits per heavy atom. The predicted molar refractivity (Wildman–Crippen MR) is 120 cm³/mol. The number of nitrogens with one attached hydrogen (secondary N) is 2. The molecule has 2 aromatic rings. The van der Waals surface area contributed by atoms with Crippen molar-refractivity contribution in [2.75, 3.05) is 30.9 Å². The van der Waals surface area contributed by atoms with E-state index in [0.29, 0.717) is 17.7 Å². The van der Waals surface area contributed by atoms with Crippen LogP contribution in [0.25, 0.3) is 0 Å². The Bertz CT molecular complexity index is 1010. The van der Waals surface area contributed by atoms with Gasteiger partial charge in [0, 0.05) is 24.3 Å². The summed E-state index contributed by atoms with van der Waals surface area (Å²) in [6.07, 6.45) is 3.35. The molecule has 0 saturated carbocycles. The van der Waals surface area contributed by atoms with Gasteiger partial charge >= 0.3 is 0 Å². The largest absolute Gasteiger partial charge is 0.352 e. The predicted octanol–water partition coefficient (Wildman–Crippen LogP) is 3.79. The lowest BCUT2D eigenvalue weighted by atomic mass is 10.0. The maximum absolute atomic E-state index is 13.1. The van der Waals surface area contributed by atoms with Crippen molar-refractivity contribution in [1.82, 2.24) is 10.2 Å². The van der Waals surface area contributed by atoms with E-state index in [0.717, 1.165) is 32.0 Å². The molecule has 1 unspecified atom stereocenters. The highest BCUT2D eigenvalue weighted by Gasteiger charge is 2.19. The molecule has 1 aliphatic rings. The zero-order valence-corrected chi connectivity index (χ0v) is 18.8. The lowest BCUT2D eigenvalue weighted by molar-refractivity contribution is 0.0949. The molecule has 1 atom stereocenters. The number of hydrogen-bond acceptors (Lipinski definition) is 4. The van der Waals surface area contributed by atoms with Gasteiger partial charge < -0.3 is 10.2 Å². The van der Waals surface area contributed by atoms with Crippen LogP contribution in [-0.4, -0.2) is 45.4 Å². The Hall–Kier alpha value is -2.45. The normalized spacial score (nSPS) is 17.3. The number of nitrogens with zero attached hydrogens (tertiary/aromatic N) is 1. The monoisotopic (exact) mass is 447 g/mol. The Morgan fingerprint density at radius 1 is 1.19 bits per heavy atom. The summed E-state index contributed by atoms with van der Waals surface area (Å²) in [5.41, 5.74) is 1.27. The van der Waals surface area contributed by atoms with Gasteiger partial charge in [-0.2, -0.15) is 0 Å². The number of piperidine rings is 1. The molecule has 0 aliphatic carbocycles. The van der Waals surface area contributed by atoms with E-state index in [1.165, 1.54) is 49.2 Å². The van der Waals surface area contributed by atoms with E-state index < -0.39 is 15.8 Å². The van der Waals surface area contributed by atoms with Gasteiger partial charge in [0.25, 0.3) is 15.9 Å². The van der Waals surface area contributed by atoms with Gasteiger partial charge in [-0.05, 0) is 87.2 Å². The molecule has 6 nitrogen and oxygen atoms in total. The van der Waals surface area contributed by atoms with Gasteiger partial charge in [-0.3, -0.25) is 9.52 Å². The first kappa shape index (κ1) is 23.2. The molecular formula is C23H30FN3O3S. The van der Waals surface area contributed by atoms with Crippen molar-refractivity contribution >= 4 is 21.6 Å². The number of anilines is 1. The average molecular weight is 448 g/mol. The van der Waals surface area contributed by atoms with Crippen molar-refractivity contribution in [1.29, 1.82) is 0 Å². The summed E-state index contributed by atoms with van der Waals surface area (Å²) in [7, 11) is -3.90. The van der Waals surface area contributed by atoms with Crippen LogP contribution in [0.2, 0.25) is 0 Å². The lowest BCUT2D eigenvalue weighted by Crippen LogP contribution is -2.36. The van der Waals surface area contributed by atoms with Crippen LogP contribution in [0.5, 0.6) is 0 Å². The Kier molecular flexibility index (Phi) is 7.67. The number of rotatable bonds is 8. The summed E-state index contributed by atoms with van der Waals surface area (Å²) in [5.74, 6) is -0.0189. The van der Waals surface area contributed by atoms with E-state index in [9.17, 15) is 17.6 Å². The highest BCUT2D eigenvalue weighted by atomic mass is 32.2. The number of sulfonamides is 1. The highest BCUT2D eigenvalue weighted by molar-refractivity contribution is 7.92. The van der Waals surface area contributed by atoms with Gasteiger partial charge in [0.1, 0.15) is 5.82 Å². The van der Waals surface area contributed by atoms with Gasteiger partial charge in [-0.1, -0.05) is 13.0 Å².